The maximum absolute atomic E-state index is 3.81. The highest BCUT2D eigenvalue weighted by atomic mass is 123. The molecule has 2 bridgehead atoms. The molecular formula is C16H14IN. The van der Waals surface area contributed by atoms with Crippen LogP contribution in [-0.4, -0.2) is 0 Å². The van der Waals surface area contributed by atoms with Crippen LogP contribution in [-0.2, 0) is 12.0 Å². The summed E-state index contributed by atoms with van der Waals surface area (Å²) in [5, 5.41) is 3.81. The van der Waals surface area contributed by atoms with Gasteiger partial charge < -0.3 is 0 Å². The van der Waals surface area contributed by atoms with E-state index in [4.69, 9.17) is 0 Å². The first-order valence-electron chi connectivity index (χ1n) is 6.34. The maximum Gasteiger partial charge on any atom is 0.0673 e. The lowest BCUT2D eigenvalue weighted by Gasteiger charge is -2.34. The minimum Gasteiger partial charge on any atom is -0.297 e. The van der Waals surface area contributed by atoms with Crippen molar-refractivity contribution < 1.29 is 0 Å². The molecule has 2 aromatic carbocycles. The van der Waals surface area contributed by atoms with Crippen LogP contribution in [0.2, 0.25) is 0 Å². The lowest BCUT2D eigenvalue weighted by molar-refractivity contribution is 0.388. The van der Waals surface area contributed by atoms with Gasteiger partial charge in [-0.1, -0.05) is 30.3 Å². The van der Waals surface area contributed by atoms with Gasteiger partial charge in [0.25, 0.3) is 0 Å². The molecule has 2 heteroatoms. The Balaban J connectivity index is 2.04. The van der Waals surface area contributed by atoms with Gasteiger partial charge in [0.1, 0.15) is 0 Å². The van der Waals surface area contributed by atoms with Crippen molar-refractivity contribution >= 4 is 22.6 Å². The Kier molecular flexibility index (Phi) is 2.19. The van der Waals surface area contributed by atoms with Crippen LogP contribution >= 0.6 is 22.6 Å². The molecule has 1 N–H and O–H groups in total. The number of rotatable bonds is 0. The second kappa shape index (κ2) is 3.58. The largest absolute Gasteiger partial charge is 0.297 e. The van der Waals surface area contributed by atoms with Crippen molar-refractivity contribution in [1.82, 2.24) is 5.32 Å². The van der Waals surface area contributed by atoms with E-state index in [0.717, 1.165) is 6.42 Å². The molecule has 0 aliphatic carbocycles. The van der Waals surface area contributed by atoms with Gasteiger partial charge in [0, 0.05) is 9.61 Å². The van der Waals surface area contributed by atoms with Gasteiger partial charge in [-0.15, -0.1) is 0 Å². The third-order valence-electron chi connectivity index (χ3n) is 4.37. The van der Waals surface area contributed by atoms with Crippen molar-refractivity contribution in [2.24, 2.45) is 0 Å². The van der Waals surface area contributed by atoms with E-state index in [-0.39, 0.29) is 5.54 Å². The highest BCUT2D eigenvalue weighted by Crippen LogP contribution is 2.48. The Hall–Kier alpha value is -0.870. The summed E-state index contributed by atoms with van der Waals surface area (Å²) >= 11 is 2.40. The van der Waals surface area contributed by atoms with Crippen LogP contribution in [0.4, 0.5) is 0 Å². The molecule has 2 aliphatic rings. The number of benzene rings is 2. The zero-order valence-electron chi connectivity index (χ0n) is 10.2. The first-order chi connectivity index (χ1) is 8.68. The van der Waals surface area contributed by atoms with Crippen molar-refractivity contribution in [3.8, 4) is 0 Å². The van der Waals surface area contributed by atoms with E-state index >= 15 is 0 Å². The molecule has 2 aromatic rings. The zero-order valence-corrected chi connectivity index (χ0v) is 12.4. The molecule has 2 aliphatic heterocycles. The molecule has 0 aromatic heterocycles. The molecule has 0 amide bonds. The third kappa shape index (κ3) is 1.30. The molecule has 2 atom stereocenters. The minimum atomic E-state index is -0.00394. The van der Waals surface area contributed by atoms with E-state index in [0.29, 0.717) is 6.04 Å². The zero-order chi connectivity index (χ0) is 12.3. The summed E-state index contributed by atoms with van der Waals surface area (Å²) in [6, 6.07) is 16.2. The van der Waals surface area contributed by atoms with Crippen LogP contribution in [0.15, 0.2) is 42.5 Å². The van der Waals surface area contributed by atoms with Crippen molar-refractivity contribution in [3.63, 3.8) is 0 Å². The fraction of sp³-hybridized carbons (Fsp3) is 0.250. The van der Waals surface area contributed by atoms with Crippen molar-refractivity contribution in [1.29, 1.82) is 0 Å². The molecule has 4 rings (SSSR count). The van der Waals surface area contributed by atoms with Gasteiger partial charge in [-0.2, -0.15) is 0 Å². The van der Waals surface area contributed by atoms with Gasteiger partial charge in [0.15, 0.2) is 0 Å². The fourth-order valence-corrected chi connectivity index (χ4v) is 4.05. The summed E-state index contributed by atoms with van der Waals surface area (Å²) in [4.78, 5) is 0. The Morgan fingerprint density at radius 3 is 2.89 bits per heavy atom. The standard InChI is InChI=1S/C16H14IN/c1-16-13-5-3-2-4-12(13)15(18-16)8-10-6-7-11(17)9-14(10)16/h2-7,9,15,18H,8H2,1H3/t15-,16+/m1/s1/i17-4. The molecule has 0 unspecified atom stereocenters. The van der Waals surface area contributed by atoms with Gasteiger partial charge in [-0.3, -0.25) is 5.32 Å². The van der Waals surface area contributed by atoms with Gasteiger partial charge >= 0.3 is 0 Å². The highest BCUT2D eigenvalue weighted by molar-refractivity contribution is 14.1. The van der Waals surface area contributed by atoms with Crippen LogP contribution in [0.1, 0.15) is 35.2 Å². The minimum absolute atomic E-state index is 0.00394. The highest BCUT2D eigenvalue weighted by Gasteiger charge is 2.45. The second-order valence-corrected chi connectivity index (χ2v) is 6.66. The van der Waals surface area contributed by atoms with Crippen LogP contribution in [0.25, 0.3) is 0 Å². The molecule has 0 radical (unpaired) electrons. The average molecular weight is 343 g/mol. The van der Waals surface area contributed by atoms with Crippen LogP contribution in [0, 0.1) is 3.57 Å². The number of fused-ring (bicyclic) bond motifs is 7. The molecular weight excluding hydrogens is 329 g/mol. The Labute approximate surface area is 121 Å². The summed E-state index contributed by atoms with van der Waals surface area (Å²) in [6.45, 7) is 2.32. The molecule has 0 spiro atoms. The predicted molar refractivity (Wildman–Crippen MR) is 81.6 cm³/mol. The summed E-state index contributed by atoms with van der Waals surface area (Å²) in [6.07, 6.45) is 1.11. The number of nitrogens with one attached hydrogen (secondary N) is 1. The smallest absolute Gasteiger partial charge is 0.0673 e. The van der Waals surface area contributed by atoms with Crippen LogP contribution < -0.4 is 5.32 Å². The van der Waals surface area contributed by atoms with E-state index < -0.39 is 0 Å². The first kappa shape index (κ1) is 11.0. The Morgan fingerprint density at radius 1 is 1.17 bits per heavy atom. The van der Waals surface area contributed by atoms with E-state index in [9.17, 15) is 0 Å². The van der Waals surface area contributed by atoms with Crippen molar-refractivity contribution in [2.45, 2.75) is 24.9 Å². The van der Waals surface area contributed by atoms with E-state index in [2.05, 4.69) is 77.3 Å². The summed E-state index contributed by atoms with van der Waals surface area (Å²) in [5.41, 5.74) is 5.88. The molecule has 0 saturated heterocycles. The fourth-order valence-electron chi connectivity index (χ4n) is 3.56. The first-order valence-corrected chi connectivity index (χ1v) is 7.42. The molecule has 18 heavy (non-hydrogen) atoms. The molecule has 2 heterocycles. The number of halogens is 1. The van der Waals surface area contributed by atoms with Gasteiger partial charge in [-0.25, -0.2) is 0 Å². The lowest BCUT2D eigenvalue weighted by Crippen LogP contribution is -2.41. The number of hydrogen-bond acceptors (Lipinski definition) is 1. The average Bonchev–Trinajstić information content (AvgIpc) is 2.62. The Morgan fingerprint density at radius 2 is 2.00 bits per heavy atom. The molecule has 1 nitrogen and oxygen atoms in total. The van der Waals surface area contributed by atoms with E-state index in [1.807, 2.05) is 0 Å². The van der Waals surface area contributed by atoms with E-state index in [1.54, 1.807) is 0 Å². The summed E-state index contributed by atoms with van der Waals surface area (Å²) in [5.74, 6) is 0. The van der Waals surface area contributed by atoms with E-state index in [1.165, 1.54) is 25.8 Å². The number of hydrogen-bond donors (Lipinski definition) is 1. The van der Waals surface area contributed by atoms with Crippen LogP contribution in [0.3, 0.4) is 0 Å². The third-order valence-corrected chi connectivity index (χ3v) is 5.04. The maximum atomic E-state index is 3.81. The normalized spacial score (nSPS) is 27.8. The monoisotopic (exact) mass is 343 g/mol. The molecule has 0 saturated carbocycles. The summed E-state index contributed by atoms with van der Waals surface area (Å²) in [7, 11) is 0. The molecule has 90 valence electrons. The summed E-state index contributed by atoms with van der Waals surface area (Å²) < 4.78 is 1.32. The lowest BCUT2D eigenvalue weighted by atomic mass is 9.82. The SMILES string of the molecule is C[C@@]12N[C@H](Cc3ccc([123I])cc31)c1ccccc12. The molecule has 0 fully saturated rings. The van der Waals surface area contributed by atoms with Gasteiger partial charge in [-0.05, 0) is 70.3 Å². The topological polar surface area (TPSA) is 12.0 Å². The Bertz CT molecular complexity index is 649. The second-order valence-electron chi connectivity index (χ2n) is 5.41. The predicted octanol–water partition coefficient (Wildman–Crippen LogP) is 3.76. The quantitative estimate of drug-likeness (QED) is 0.719. The van der Waals surface area contributed by atoms with Crippen molar-refractivity contribution in [3.05, 3.63) is 68.3 Å². The van der Waals surface area contributed by atoms with Crippen LogP contribution in [0.5, 0.6) is 0 Å². The van der Waals surface area contributed by atoms with Gasteiger partial charge in [0.2, 0.25) is 0 Å². The van der Waals surface area contributed by atoms with Crippen molar-refractivity contribution in [2.75, 3.05) is 0 Å². The van der Waals surface area contributed by atoms with Gasteiger partial charge in [0.05, 0.1) is 5.54 Å².